The minimum atomic E-state index is 0.0389. The molecule has 0 aliphatic carbocycles. The van der Waals surface area contributed by atoms with Crippen LogP contribution in [-0.2, 0) is 9.47 Å². The van der Waals surface area contributed by atoms with E-state index >= 15 is 0 Å². The first kappa shape index (κ1) is 15.6. The predicted octanol–water partition coefficient (Wildman–Crippen LogP) is 1.40. The lowest BCUT2D eigenvalue weighted by Gasteiger charge is -2.39. The Balaban J connectivity index is 1.73. The third-order valence-corrected chi connectivity index (χ3v) is 4.44. The molecule has 2 fully saturated rings. The molecule has 1 aromatic heterocycles. The van der Waals surface area contributed by atoms with E-state index < -0.39 is 0 Å². The monoisotopic (exact) mass is 306 g/mol. The average Bonchev–Trinajstić information content (AvgIpc) is 2.55. The van der Waals surface area contributed by atoms with Crippen LogP contribution in [0.25, 0.3) is 0 Å². The van der Waals surface area contributed by atoms with Gasteiger partial charge in [-0.2, -0.15) is 0 Å². The van der Waals surface area contributed by atoms with Crippen LogP contribution in [-0.4, -0.2) is 67.9 Å². The molecule has 0 unspecified atom stereocenters. The molecule has 6 nitrogen and oxygen atoms in total. The maximum atomic E-state index is 5.99. The number of hydrogen-bond acceptors (Lipinski definition) is 6. The van der Waals surface area contributed by atoms with Gasteiger partial charge in [0.05, 0.1) is 12.3 Å². The zero-order valence-corrected chi connectivity index (χ0v) is 13.8. The summed E-state index contributed by atoms with van der Waals surface area (Å²) in [6, 6.07) is 2.67. The SMILES string of the molecule is Cc1nc([C@@H]2CN(C3CCOCC3)CCO2)cc(N(C)C)n1. The first-order chi connectivity index (χ1) is 10.6. The van der Waals surface area contributed by atoms with E-state index in [-0.39, 0.29) is 6.10 Å². The van der Waals surface area contributed by atoms with E-state index in [0.717, 1.165) is 63.1 Å². The van der Waals surface area contributed by atoms with Gasteiger partial charge in [0, 0.05) is 52.5 Å². The molecule has 3 rings (SSSR count). The van der Waals surface area contributed by atoms with Gasteiger partial charge < -0.3 is 14.4 Å². The number of ether oxygens (including phenoxy) is 2. The zero-order valence-electron chi connectivity index (χ0n) is 13.8. The van der Waals surface area contributed by atoms with Gasteiger partial charge in [-0.05, 0) is 19.8 Å². The topological polar surface area (TPSA) is 50.7 Å². The Morgan fingerprint density at radius 1 is 1.18 bits per heavy atom. The van der Waals surface area contributed by atoms with E-state index in [2.05, 4.69) is 14.9 Å². The molecular weight excluding hydrogens is 280 g/mol. The molecule has 0 spiro atoms. The second-order valence-corrected chi connectivity index (χ2v) is 6.29. The number of morpholine rings is 1. The van der Waals surface area contributed by atoms with Gasteiger partial charge in [0.1, 0.15) is 17.7 Å². The first-order valence-electron chi connectivity index (χ1n) is 8.10. The van der Waals surface area contributed by atoms with Crippen molar-refractivity contribution >= 4 is 5.82 Å². The van der Waals surface area contributed by atoms with Crippen LogP contribution in [0.5, 0.6) is 0 Å². The summed E-state index contributed by atoms with van der Waals surface area (Å²) >= 11 is 0. The quantitative estimate of drug-likeness (QED) is 0.841. The molecule has 1 aromatic rings. The Hall–Kier alpha value is -1.24. The molecule has 1 atom stereocenters. The first-order valence-corrected chi connectivity index (χ1v) is 8.10. The predicted molar refractivity (Wildman–Crippen MR) is 85.2 cm³/mol. The van der Waals surface area contributed by atoms with Crippen molar-refractivity contribution in [3.05, 3.63) is 17.6 Å². The number of hydrogen-bond donors (Lipinski definition) is 0. The zero-order chi connectivity index (χ0) is 15.5. The Kier molecular flexibility index (Phi) is 4.90. The van der Waals surface area contributed by atoms with Crippen LogP contribution in [0.3, 0.4) is 0 Å². The molecule has 122 valence electrons. The van der Waals surface area contributed by atoms with Gasteiger partial charge in [0.25, 0.3) is 0 Å². The second-order valence-electron chi connectivity index (χ2n) is 6.29. The molecule has 0 saturated carbocycles. The lowest BCUT2D eigenvalue weighted by Crippen LogP contribution is -2.47. The lowest BCUT2D eigenvalue weighted by atomic mass is 10.0. The van der Waals surface area contributed by atoms with E-state index in [1.807, 2.05) is 32.0 Å². The third-order valence-electron chi connectivity index (χ3n) is 4.44. The Morgan fingerprint density at radius 2 is 1.95 bits per heavy atom. The maximum absolute atomic E-state index is 5.99. The van der Waals surface area contributed by atoms with Crippen molar-refractivity contribution in [1.82, 2.24) is 14.9 Å². The number of aromatic nitrogens is 2. The Morgan fingerprint density at radius 3 is 2.68 bits per heavy atom. The van der Waals surface area contributed by atoms with E-state index in [0.29, 0.717) is 6.04 Å². The van der Waals surface area contributed by atoms with Gasteiger partial charge >= 0.3 is 0 Å². The number of aryl methyl sites for hydroxylation is 1. The average molecular weight is 306 g/mol. The molecule has 6 heteroatoms. The number of anilines is 1. The highest BCUT2D eigenvalue weighted by molar-refractivity contribution is 5.38. The maximum Gasteiger partial charge on any atom is 0.132 e. The summed E-state index contributed by atoms with van der Waals surface area (Å²) in [4.78, 5) is 13.6. The molecule has 0 N–H and O–H groups in total. The number of nitrogens with zero attached hydrogens (tertiary/aromatic N) is 4. The Labute approximate surface area is 132 Å². The largest absolute Gasteiger partial charge is 0.381 e. The fraction of sp³-hybridized carbons (Fsp3) is 0.750. The van der Waals surface area contributed by atoms with Crippen LogP contribution in [0.1, 0.15) is 30.5 Å². The lowest BCUT2D eigenvalue weighted by molar-refractivity contribution is -0.0647. The summed E-state index contributed by atoms with van der Waals surface area (Å²) in [5.74, 6) is 1.74. The van der Waals surface area contributed by atoms with E-state index in [1.165, 1.54) is 0 Å². The van der Waals surface area contributed by atoms with Gasteiger partial charge in [-0.15, -0.1) is 0 Å². The fourth-order valence-corrected chi connectivity index (χ4v) is 3.20. The van der Waals surface area contributed by atoms with E-state index in [9.17, 15) is 0 Å². The van der Waals surface area contributed by atoms with Crippen molar-refractivity contribution in [3.63, 3.8) is 0 Å². The van der Waals surface area contributed by atoms with Crippen LogP contribution >= 0.6 is 0 Å². The number of rotatable bonds is 3. The standard InChI is InChI=1S/C16H26N4O2/c1-12-17-14(10-16(18-12)19(2)3)15-11-20(6-9-22-15)13-4-7-21-8-5-13/h10,13,15H,4-9,11H2,1-3H3/t15-/m0/s1. The molecule has 0 radical (unpaired) electrons. The Bertz CT molecular complexity index is 503. The highest BCUT2D eigenvalue weighted by atomic mass is 16.5. The van der Waals surface area contributed by atoms with Gasteiger partial charge in [0.2, 0.25) is 0 Å². The van der Waals surface area contributed by atoms with Gasteiger partial charge in [0.15, 0.2) is 0 Å². The highest BCUT2D eigenvalue weighted by Gasteiger charge is 2.29. The van der Waals surface area contributed by atoms with Crippen LogP contribution in [0, 0.1) is 6.92 Å². The van der Waals surface area contributed by atoms with E-state index in [4.69, 9.17) is 9.47 Å². The normalized spacial score (nSPS) is 24.4. The molecule has 0 aromatic carbocycles. The van der Waals surface area contributed by atoms with E-state index in [1.54, 1.807) is 0 Å². The highest BCUT2D eigenvalue weighted by Crippen LogP contribution is 2.26. The molecule has 2 aliphatic rings. The van der Waals surface area contributed by atoms with Gasteiger partial charge in [-0.1, -0.05) is 0 Å². The van der Waals surface area contributed by atoms with Crippen molar-refractivity contribution in [2.75, 3.05) is 51.9 Å². The van der Waals surface area contributed by atoms with Crippen molar-refractivity contribution in [2.45, 2.75) is 31.9 Å². The summed E-state index contributed by atoms with van der Waals surface area (Å²) in [6.07, 6.45) is 2.29. The minimum Gasteiger partial charge on any atom is -0.381 e. The van der Waals surface area contributed by atoms with Crippen LogP contribution in [0.15, 0.2) is 6.07 Å². The van der Waals surface area contributed by atoms with Crippen molar-refractivity contribution in [1.29, 1.82) is 0 Å². The van der Waals surface area contributed by atoms with Crippen LogP contribution in [0.4, 0.5) is 5.82 Å². The molecule has 0 bridgehead atoms. The summed E-state index contributed by atoms with van der Waals surface area (Å²) in [5, 5.41) is 0. The van der Waals surface area contributed by atoms with Gasteiger partial charge in [-0.25, -0.2) is 9.97 Å². The molecular formula is C16H26N4O2. The summed E-state index contributed by atoms with van der Waals surface area (Å²) in [6.45, 7) is 6.38. The summed E-state index contributed by atoms with van der Waals surface area (Å²) in [5.41, 5.74) is 0.993. The van der Waals surface area contributed by atoms with Crippen molar-refractivity contribution in [3.8, 4) is 0 Å². The van der Waals surface area contributed by atoms with Crippen molar-refractivity contribution < 1.29 is 9.47 Å². The fourth-order valence-electron chi connectivity index (χ4n) is 3.20. The van der Waals surface area contributed by atoms with Crippen LogP contribution < -0.4 is 4.90 Å². The van der Waals surface area contributed by atoms with Gasteiger partial charge in [-0.3, -0.25) is 4.90 Å². The molecule has 3 heterocycles. The smallest absolute Gasteiger partial charge is 0.132 e. The minimum absolute atomic E-state index is 0.0389. The summed E-state index contributed by atoms with van der Waals surface area (Å²) < 4.78 is 11.5. The molecule has 0 amide bonds. The molecule has 22 heavy (non-hydrogen) atoms. The molecule has 2 aliphatic heterocycles. The summed E-state index contributed by atoms with van der Waals surface area (Å²) in [7, 11) is 4.00. The van der Waals surface area contributed by atoms with Crippen LogP contribution in [0.2, 0.25) is 0 Å². The second kappa shape index (κ2) is 6.89. The third kappa shape index (κ3) is 3.56. The molecule has 2 saturated heterocycles. The van der Waals surface area contributed by atoms with Crippen molar-refractivity contribution in [2.24, 2.45) is 0 Å².